The molecule has 1 amide bonds. The maximum Gasteiger partial charge on any atom is 0.337 e. The topological polar surface area (TPSA) is 89.9 Å². The van der Waals surface area contributed by atoms with Gasteiger partial charge in [-0.25, -0.2) is 14.8 Å². The van der Waals surface area contributed by atoms with Crippen molar-refractivity contribution >= 4 is 40.4 Å². The van der Waals surface area contributed by atoms with Crippen molar-refractivity contribution in [3.63, 3.8) is 0 Å². The van der Waals surface area contributed by atoms with Gasteiger partial charge in [0.25, 0.3) is 0 Å². The molecule has 2 saturated heterocycles. The molecule has 3 aromatic heterocycles. The molecule has 10 heteroatoms. The summed E-state index contributed by atoms with van der Waals surface area (Å²) in [6, 6.07) is 6.13. The SMILES string of the molecule is O=C(O)c1ccc(N2C3CCC2CN(CC(=O)N2CCc4nc(-c5ccsc5)sc4C2)C3)nc1. The number of amides is 1. The van der Waals surface area contributed by atoms with Gasteiger partial charge < -0.3 is 14.9 Å². The Morgan fingerprint density at radius 1 is 1.15 bits per heavy atom. The Bertz CT molecular complexity index is 1200. The summed E-state index contributed by atoms with van der Waals surface area (Å²) in [7, 11) is 0. The van der Waals surface area contributed by atoms with Crippen molar-refractivity contribution in [2.24, 2.45) is 0 Å². The van der Waals surface area contributed by atoms with Crippen molar-refractivity contribution < 1.29 is 14.7 Å². The molecule has 34 heavy (non-hydrogen) atoms. The van der Waals surface area contributed by atoms with Crippen LogP contribution in [-0.2, 0) is 17.8 Å². The molecule has 0 aliphatic carbocycles. The predicted molar refractivity (Wildman–Crippen MR) is 131 cm³/mol. The van der Waals surface area contributed by atoms with E-state index in [-0.39, 0.29) is 11.5 Å². The van der Waals surface area contributed by atoms with E-state index >= 15 is 0 Å². The number of carbonyl (C=O) groups is 2. The first-order valence-corrected chi connectivity index (χ1v) is 13.3. The number of hydrogen-bond donors (Lipinski definition) is 1. The summed E-state index contributed by atoms with van der Waals surface area (Å²) in [5.41, 5.74) is 2.51. The second-order valence-corrected chi connectivity index (χ2v) is 11.0. The van der Waals surface area contributed by atoms with Gasteiger partial charge in [-0.05, 0) is 36.4 Å². The number of rotatable bonds is 5. The highest BCUT2D eigenvalue weighted by Crippen LogP contribution is 2.35. The highest BCUT2D eigenvalue weighted by atomic mass is 32.1. The van der Waals surface area contributed by atoms with Gasteiger partial charge in [0.15, 0.2) is 0 Å². The summed E-state index contributed by atoms with van der Waals surface area (Å²) in [5, 5.41) is 14.4. The quantitative estimate of drug-likeness (QED) is 0.581. The third-order valence-corrected chi connectivity index (χ3v) is 8.84. The van der Waals surface area contributed by atoms with Crippen LogP contribution in [0.2, 0.25) is 0 Å². The minimum atomic E-state index is -0.962. The minimum Gasteiger partial charge on any atom is -0.478 e. The summed E-state index contributed by atoms with van der Waals surface area (Å²) in [6.45, 7) is 3.48. The van der Waals surface area contributed by atoms with Crippen LogP contribution in [0.15, 0.2) is 35.2 Å². The molecule has 0 radical (unpaired) electrons. The summed E-state index contributed by atoms with van der Waals surface area (Å²) < 4.78 is 0. The summed E-state index contributed by atoms with van der Waals surface area (Å²) >= 11 is 3.39. The molecule has 2 atom stereocenters. The fraction of sp³-hybridized carbons (Fsp3) is 0.417. The van der Waals surface area contributed by atoms with E-state index in [2.05, 4.69) is 31.6 Å². The monoisotopic (exact) mass is 495 g/mol. The van der Waals surface area contributed by atoms with Crippen molar-refractivity contribution in [2.45, 2.75) is 37.9 Å². The van der Waals surface area contributed by atoms with Gasteiger partial charge in [0.2, 0.25) is 5.91 Å². The summed E-state index contributed by atoms with van der Waals surface area (Å²) in [4.78, 5) is 41.3. The number of anilines is 1. The van der Waals surface area contributed by atoms with E-state index in [0.717, 1.165) is 55.4 Å². The molecular weight excluding hydrogens is 470 g/mol. The second-order valence-electron chi connectivity index (χ2n) is 9.16. The fourth-order valence-electron chi connectivity index (χ4n) is 5.37. The van der Waals surface area contributed by atoms with E-state index in [1.165, 1.54) is 16.6 Å². The van der Waals surface area contributed by atoms with Crippen molar-refractivity contribution in [1.82, 2.24) is 19.8 Å². The molecule has 3 aliphatic heterocycles. The Morgan fingerprint density at radius 3 is 2.65 bits per heavy atom. The summed E-state index contributed by atoms with van der Waals surface area (Å²) in [6.07, 6.45) is 4.38. The number of carbonyl (C=O) groups excluding carboxylic acids is 1. The zero-order chi connectivity index (χ0) is 23.2. The van der Waals surface area contributed by atoms with Gasteiger partial charge in [-0.1, -0.05) is 0 Å². The molecule has 0 spiro atoms. The van der Waals surface area contributed by atoms with Crippen LogP contribution in [0.25, 0.3) is 10.6 Å². The molecule has 3 aromatic rings. The van der Waals surface area contributed by atoms with Gasteiger partial charge in [-0.3, -0.25) is 9.69 Å². The lowest BCUT2D eigenvalue weighted by Crippen LogP contribution is -2.56. The predicted octanol–water partition coefficient (Wildman–Crippen LogP) is 3.20. The average Bonchev–Trinajstić information content (AvgIpc) is 3.56. The first kappa shape index (κ1) is 21.7. The Labute approximate surface area is 205 Å². The number of thiophene rings is 1. The van der Waals surface area contributed by atoms with Crippen molar-refractivity contribution in [1.29, 1.82) is 0 Å². The minimum absolute atomic E-state index is 0.188. The van der Waals surface area contributed by atoms with Gasteiger partial charge in [0.05, 0.1) is 24.3 Å². The lowest BCUT2D eigenvalue weighted by atomic mass is 10.1. The van der Waals surface area contributed by atoms with Gasteiger partial charge in [-0.2, -0.15) is 11.3 Å². The lowest BCUT2D eigenvalue weighted by Gasteiger charge is -2.42. The fourth-order valence-corrected chi connectivity index (χ4v) is 7.20. The number of thiazole rings is 1. The number of piperazine rings is 1. The lowest BCUT2D eigenvalue weighted by molar-refractivity contribution is -0.133. The number of likely N-dealkylation sites (tertiary alicyclic amines) is 1. The van der Waals surface area contributed by atoms with Crippen LogP contribution < -0.4 is 4.90 Å². The van der Waals surface area contributed by atoms with Crippen molar-refractivity contribution in [3.8, 4) is 10.6 Å². The maximum atomic E-state index is 13.2. The van der Waals surface area contributed by atoms with E-state index in [4.69, 9.17) is 10.1 Å². The van der Waals surface area contributed by atoms with Gasteiger partial charge in [0, 0.05) is 60.2 Å². The second kappa shape index (κ2) is 8.75. The van der Waals surface area contributed by atoms with Crippen LogP contribution in [0.5, 0.6) is 0 Å². The van der Waals surface area contributed by atoms with Gasteiger partial charge in [-0.15, -0.1) is 11.3 Å². The van der Waals surface area contributed by atoms with Crippen LogP contribution in [-0.4, -0.2) is 75.0 Å². The molecule has 2 fully saturated rings. The first-order chi connectivity index (χ1) is 16.5. The molecule has 3 aliphatic rings. The Kier molecular flexibility index (Phi) is 5.59. The van der Waals surface area contributed by atoms with Gasteiger partial charge in [0.1, 0.15) is 10.8 Å². The normalized spacial score (nSPS) is 22.1. The summed E-state index contributed by atoms with van der Waals surface area (Å²) in [5.74, 6) is 0.0581. The van der Waals surface area contributed by atoms with Gasteiger partial charge >= 0.3 is 5.97 Å². The van der Waals surface area contributed by atoms with E-state index < -0.39 is 5.97 Å². The number of aromatic nitrogens is 2. The van der Waals surface area contributed by atoms with E-state index in [9.17, 15) is 9.59 Å². The number of aromatic carboxylic acids is 1. The largest absolute Gasteiger partial charge is 0.478 e. The molecule has 8 nitrogen and oxygen atoms in total. The van der Waals surface area contributed by atoms with E-state index in [1.54, 1.807) is 34.8 Å². The third-order valence-electron chi connectivity index (χ3n) is 7.03. The zero-order valence-corrected chi connectivity index (χ0v) is 20.2. The Hall–Kier alpha value is -2.82. The van der Waals surface area contributed by atoms with Crippen LogP contribution >= 0.6 is 22.7 Å². The van der Waals surface area contributed by atoms with Crippen molar-refractivity contribution in [3.05, 3.63) is 51.3 Å². The molecule has 2 bridgehead atoms. The Balaban J connectivity index is 1.09. The maximum absolute atomic E-state index is 13.2. The number of carboxylic acid groups (broad SMARTS) is 1. The van der Waals surface area contributed by atoms with Crippen LogP contribution in [0.1, 0.15) is 33.8 Å². The molecular formula is C24H25N5O3S2. The molecule has 176 valence electrons. The van der Waals surface area contributed by atoms with Crippen LogP contribution in [0.4, 0.5) is 5.82 Å². The third kappa shape index (κ3) is 3.99. The first-order valence-electron chi connectivity index (χ1n) is 11.5. The van der Waals surface area contributed by atoms with E-state index in [0.29, 0.717) is 25.2 Å². The zero-order valence-electron chi connectivity index (χ0n) is 18.6. The molecule has 1 N–H and O–H groups in total. The highest BCUT2D eigenvalue weighted by Gasteiger charge is 2.41. The number of carboxylic acids is 1. The standard InChI is InChI=1S/C24H25N5O3S2/c30-22(28-7-5-19-20(12-28)34-23(26-19)16-6-8-33-14-16)13-27-10-17-2-3-18(11-27)29(17)21-4-1-15(9-25-21)24(31)32/h1,4,6,8-9,14,17-18H,2-3,5,7,10-13H2,(H,31,32). The molecule has 2 unspecified atom stereocenters. The number of hydrogen-bond acceptors (Lipinski definition) is 8. The highest BCUT2D eigenvalue weighted by molar-refractivity contribution is 7.15. The number of nitrogens with zero attached hydrogens (tertiary/aromatic N) is 5. The molecule has 0 aromatic carbocycles. The molecule has 6 heterocycles. The van der Waals surface area contributed by atoms with E-state index in [1.807, 2.05) is 4.90 Å². The average molecular weight is 496 g/mol. The Morgan fingerprint density at radius 2 is 1.97 bits per heavy atom. The smallest absolute Gasteiger partial charge is 0.337 e. The molecule has 0 saturated carbocycles. The molecule has 6 rings (SSSR count). The van der Waals surface area contributed by atoms with Crippen LogP contribution in [0, 0.1) is 0 Å². The van der Waals surface area contributed by atoms with Crippen molar-refractivity contribution in [2.75, 3.05) is 31.1 Å². The number of fused-ring (bicyclic) bond motifs is 3. The van der Waals surface area contributed by atoms with Crippen LogP contribution in [0.3, 0.4) is 0 Å². The number of pyridine rings is 1.